The van der Waals surface area contributed by atoms with Crippen LogP contribution in [0.2, 0.25) is 5.02 Å². The van der Waals surface area contributed by atoms with Gasteiger partial charge in [-0.1, -0.05) is 41.1 Å². The number of nitrogens with one attached hydrogen (secondary N) is 2. The van der Waals surface area contributed by atoms with Crippen molar-refractivity contribution in [3.63, 3.8) is 0 Å². The number of aromatic nitrogens is 2. The van der Waals surface area contributed by atoms with Gasteiger partial charge in [0.05, 0.1) is 20.4 Å². The summed E-state index contributed by atoms with van der Waals surface area (Å²) in [4.78, 5) is 21.3. The van der Waals surface area contributed by atoms with E-state index in [4.69, 9.17) is 11.6 Å². The first kappa shape index (κ1) is 16.9. The van der Waals surface area contributed by atoms with E-state index in [1.165, 1.54) is 11.3 Å². The van der Waals surface area contributed by atoms with Gasteiger partial charge in [0, 0.05) is 17.0 Å². The predicted molar refractivity (Wildman–Crippen MR) is 112 cm³/mol. The molecule has 0 unspecified atom stereocenters. The van der Waals surface area contributed by atoms with Gasteiger partial charge in [-0.2, -0.15) is 0 Å². The molecule has 5 nitrogen and oxygen atoms in total. The summed E-state index contributed by atoms with van der Waals surface area (Å²) in [5.74, 6) is 0. The molecule has 0 aliphatic heterocycles. The van der Waals surface area contributed by atoms with Gasteiger partial charge in [0.25, 0.3) is 0 Å². The monoisotopic (exact) mass is 414 g/mol. The first-order chi connectivity index (χ1) is 13.1. The number of halogens is 1. The van der Waals surface area contributed by atoms with Crippen LogP contribution in [0.25, 0.3) is 20.4 Å². The van der Waals surface area contributed by atoms with Gasteiger partial charge in [-0.25, -0.2) is 14.8 Å². The summed E-state index contributed by atoms with van der Waals surface area (Å²) in [6.45, 7) is 0.559. The molecule has 0 radical (unpaired) electrons. The van der Waals surface area contributed by atoms with Crippen molar-refractivity contribution in [3.05, 3.63) is 52.5 Å². The van der Waals surface area contributed by atoms with E-state index in [-0.39, 0.29) is 11.4 Å². The highest BCUT2D eigenvalue weighted by atomic mass is 35.5. The Bertz CT molecular complexity index is 1160. The zero-order valence-electron chi connectivity index (χ0n) is 14.2. The van der Waals surface area contributed by atoms with Crippen LogP contribution in [0.4, 0.5) is 9.93 Å². The smallest absolute Gasteiger partial charge is 0.321 e. The van der Waals surface area contributed by atoms with Crippen LogP contribution in [0.5, 0.6) is 0 Å². The Kier molecular flexibility index (Phi) is 4.03. The zero-order valence-corrected chi connectivity index (χ0v) is 16.5. The Labute approximate surface area is 168 Å². The molecule has 0 spiro atoms. The third-order valence-electron chi connectivity index (χ3n) is 4.96. The standard InChI is InChI=1S/C19H15ClN4OS2/c20-12-4-2-1-3-11(12)19(7-8-19)9-21-17(25)24-18-23-13-5-6-14-15(16(13)27-18)22-10-26-14/h1-6,10H,7-9H2,(H2,21,23,24,25). The fourth-order valence-corrected chi connectivity index (χ4v) is 5.39. The third-order valence-corrected chi connectivity index (χ3v) is 7.08. The van der Waals surface area contributed by atoms with Gasteiger partial charge in [-0.3, -0.25) is 5.32 Å². The van der Waals surface area contributed by atoms with Gasteiger partial charge >= 0.3 is 6.03 Å². The summed E-state index contributed by atoms with van der Waals surface area (Å²) in [6, 6.07) is 11.6. The number of rotatable bonds is 4. The minimum Gasteiger partial charge on any atom is -0.337 e. The molecule has 1 fully saturated rings. The van der Waals surface area contributed by atoms with Crippen molar-refractivity contribution in [2.75, 3.05) is 11.9 Å². The maximum atomic E-state index is 12.4. The van der Waals surface area contributed by atoms with Crippen molar-refractivity contribution in [3.8, 4) is 0 Å². The highest BCUT2D eigenvalue weighted by molar-refractivity contribution is 7.24. The van der Waals surface area contributed by atoms with Gasteiger partial charge in [0.2, 0.25) is 0 Å². The van der Waals surface area contributed by atoms with Crippen LogP contribution < -0.4 is 10.6 Å². The van der Waals surface area contributed by atoms with Gasteiger partial charge in [0.15, 0.2) is 5.13 Å². The Morgan fingerprint density at radius 3 is 2.89 bits per heavy atom. The Morgan fingerprint density at radius 2 is 2.07 bits per heavy atom. The number of nitrogens with zero attached hydrogens (tertiary/aromatic N) is 2. The highest BCUT2D eigenvalue weighted by Crippen LogP contribution is 2.49. The predicted octanol–water partition coefficient (Wildman–Crippen LogP) is 5.41. The van der Waals surface area contributed by atoms with E-state index in [2.05, 4.69) is 20.6 Å². The summed E-state index contributed by atoms with van der Waals surface area (Å²) >= 11 is 9.38. The lowest BCUT2D eigenvalue weighted by Crippen LogP contribution is -2.35. The number of benzene rings is 2. The van der Waals surface area contributed by atoms with Crippen molar-refractivity contribution >= 4 is 65.9 Å². The molecule has 1 saturated carbocycles. The fourth-order valence-electron chi connectivity index (χ4n) is 3.34. The second-order valence-corrected chi connectivity index (χ2v) is 8.99. The van der Waals surface area contributed by atoms with Crippen molar-refractivity contribution in [2.24, 2.45) is 0 Å². The lowest BCUT2D eigenvalue weighted by molar-refractivity contribution is 0.251. The average molecular weight is 415 g/mol. The van der Waals surface area contributed by atoms with Crippen LogP contribution in [0.1, 0.15) is 18.4 Å². The van der Waals surface area contributed by atoms with E-state index in [9.17, 15) is 4.79 Å². The highest BCUT2D eigenvalue weighted by Gasteiger charge is 2.45. The van der Waals surface area contributed by atoms with Gasteiger partial charge in [-0.05, 0) is 36.6 Å². The number of anilines is 1. The minimum atomic E-state index is -0.248. The molecular formula is C19H15ClN4OS2. The van der Waals surface area contributed by atoms with Crippen LogP contribution in [-0.2, 0) is 5.41 Å². The van der Waals surface area contributed by atoms with E-state index in [0.29, 0.717) is 11.7 Å². The molecule has 0 saturated heterocycles. The van der Waals surface area contributed by atoms with Crippen molar-refractivity contribution < 1.29 is 4.79 Å². The normalized spacial score (nSPS) is 15.1. The molecule has 2 amide bonds. The van der Waals surface area contributed by atoms with Crippen LogP contribution in [-0.4, -0.2) is 22.5 Å². The second kappa shape index (κ2) is 6.44. The average Bonchev–Trinajstić information content (AvgIpc) is 3.10. The largest absolute Gasteiger partial charge is 0.337 e. The summed E-state index contributed by atoms with van der Waals surface area (Å²) in [5, 5.41) is 7.17. The molecule has 0 bridgehead atoms. The Morgan fingerprint density at radius 1 is 1.22 bits per heavy atom. The molecule has 2 heterocycles. The maximum absolute atomic E-state index is 12.4. The quantitative estimate of drug-likeness (QED) is 0.469. The Balaban J connectivity index is 1.30. The summed E-state index contributed by atoms with van der Waals surface area (Å²) in [6.07, 6.45) is 2.06. The van der Waals surface area contributed by atoms with E-state index in [1.807, 2.05) is 41.9 Å². The van der Waals surface area contributed by atoms with Crippen LogP contribution in [0, 0.1) is 0 Å². The molecular weight excluding hydrogens is 400 g/mol. The summed E-state index contributed by atoms with van der Waals surface area (Å²) < 4.78 is 2.12. The molecule has 5 rings (SSSR count). The number of hydrogen-bond donors (Lipinski definition) is 2. The van der Waals surface area contributed by atoms with Crippen molar-refractivity contribution in [1.29, 1.82) is 0 Å². The first-order valence-electron chi connectivity index (χ1n) is 8.57. The van der Waals surface area contributed by atoms with Crippen LogP contribution >= 0.6 is 34.3 Å². The zero-order chi connectivity index (χ0) is 18.4. The number of carbonyl (C=O) groups excluding carboxylic acids is 1. The van der Waals surface area contributed by atoms with Gasteiger partial charge in [-0.15, -0.1) is 11.3 Å². The molecule has 4 aromatic rings. The lowest BCUT2D eigenvalue weighted by Gasteiger charge is -2.17. The minimum absolute atomic E-state index is 0.0456. The van der Waals surface area contributed by atoms with Crippen LogP contribution in [0.3, 0.4) is 0 Å². The Hall–Kier alpha value is -2.22. The molecule has 2 N–H and O–H groups in total. The van der Waals surface area contributed by atoms with E-state index in [0.717, 1.165) is 43.9 Å². The van der Waals surface area contributed by atoms with Crippen molar-refractivity contribution in [1.82, 2.24) is 15.3 Å². The SMILES string of the molecule is O=C(NCC1(c2ccccc2Cl)CC1)Nc1nc2ccc3scnc3c2s1. The fraction of sp³-hybridized carbons (Fsp3) is 0.211. The molecule has 1 aliphatic rings. The molecule has 2 aromatic heterocycles. The number of amides is 2. The number of urea groups is 1. The molecule has 0 atom stereocenters. The first-order valence-corrected chi connectivity index (χ1v) is 10.6. The third kappa shape index (κ3) is 3.05. The molecule has 27 heavy (non-hydrogen) atoms. The summed E-state index contributed by atoms with van der Waals surface area (Å²) in [5.41, 5.74) is 4.68. The second-order valence-electron chi connectivity index (χ2n) is 6.70. The summed E-state index contributed by atoms with van der Waals surface area (Å²) in [7, 11) is 0. The van der Waals surface area contributed by atoms with Crippen LogP contribution in [0.15, 0.2) is 41.9 Å². The molecule has 8 heteroatoms. The number of fused-ring (bicyclic) bond motifs is 3. The number of thiazole rings is 2. The number of hydrogen-bond acceptors (Lipinski definition) is 5. The van der Waals surface area contributed by atoms with Crippen molar-refractivity contribution in [2.45, 2.75) is 18.3 Å². The maximum Gasteiger partial charge on any atom is 0.321 e. The van der Waals surface area contributed by atoms with E-state index in [1.54, 1.807) is 11.3 Å². The van der Waals surface area contributed by atoms with E-state index >= 15 is 0 Å². The topological polar surface area (TPSA) is 66.9 Å². The van der Waals surface area contributed by atoms with Gasteiger partial charge in [0.1, 0.15) is 5.52 Å². The molecule has 1 aliphatic carbocycles. The molecule has 2 aromatic carbocycles. The lowest BCUT2D eigenvalue weighted by atomic mass is 9.96. The number of carbonyl (C=O) groups is 1. The molecule has 136 valence electrons. The van der Waals surface area contributed by atoms with E-state index < -0.39 is 0 Å². The van der Waals surface area contributed by atoms with Gasteiger partial charge < -0.3 is 5.32 Å².